The molecule has 0 saturated carbocycles. The number of para-hydroxylation sites is 3. The highest BCUT2D eigenvalue weighted by molar-refractivity contribution is 5.81. The molecule has 2 aromatic rings. The maximum absolute atomic E-state index is 12.3. The lowest BCUT2D eigenvalue weighted by Gasteiger charge is -2.27. The van der Waals surface area contributed by atoms with E-state index < -0.39 is 0 Å². The zero-order valence-electron chi connectivity index (χ0n) is 15.0. The highest BCUT2D eigenvalue weighted by atomic mass is 16.5. The fourth-order valence-electron chi connectivity index (χ4n) is 2.99. The molecule has 138 valence electrons. The molecule has 3 rings (SSSR count). The summed E-state index contributed by atoms with van der Waals surface area (Å²) in [6.07, 6.45) is 3.43. The van der Waals surface area contributed by atoms with Crippen molar-refractivity contribution in [1.82, 2.24) is 4.90 Å². The number of rotatable bonds is 8. The van der Waals surface area contributed by atoms with Gasteiger partial charge in [0.2, 0.25) is 5.91 Å². The summed E-state index contributed by atoms with van der Waals surface area (Å²) in [4.78, 5) is 14.2. The molecule has 0 spiro atoms. The summed E-state index contributed by atoms with van der Waals surface area (Å²) < 4.78 is 11.5. The van der Waals surface area contributed by atoms with Crippen molar-refractivity contribution in [3.63, 3.8) is 0 Å². The van der Waals surface area contributed by atoms with E-state index >= 15 is 0 Å². The molecular weight excluding hydrogens is 328 g/mol. The molecule has 0 radical (unpaired) electrons. The molecule has 0 atom stereocenters. The number of amides is 1. The third kappa shape index (κ3) is 5.41. The number of ether oxygens (including phenoxy) is 2. The number of carbonyl (C=O) groups is 1. The largest absolute Gasteiger partial charge is 0.490 e. The van der Waals surface area contributed by atoms with E-state index in [-0.39, 0.29) is 5.91 Å². The standard InChI is InChI=1S/C21H26N2O3/c24-21(23-13-7-2-8-14-23)17-22-19-11-5-6-12-20(19)26-16-15-25-18-9-3-1-4-10-18/h1,3-6,9-12,22H,2,7-8,13-17H2. The normalized spacial score (nSPS) is 13.9. The van der Waals surface area contributed by atoms with Crippen LogP contribution in [0.3, 0.4) is 0 Å². The Morgan fingerprint density at radius 3 is 2.38 bits per heavy atom. The van der Waals surface area contributed by atoms with E-state index in [1.54, 1.807) is 0 Å². The Morgan fingerprint density at radius 2 is 1.58 bits per heavy atom. The first kappa shape index (κ1) is 18.1. The number of carbonyl (C=O) groups excluding carboxylic acids is 1. The highest BCUT2D eigenvalue weighted by Crippen LogP contribution is 2.23. The van der Waals surface area contributed by atoms with Crippen molar-refractivity contribution in [1.29, 1.82) is 0 Å². The number of piperidine rings is 1. The summed E-state index contributed by atoms with van der Waals surface area (Å²) in [5.74, 6) is 1.71. The van der Waals surface area contributed by atoms with E-state index in [9.17, 15) is 4.79 Å². The second kappa shape index (κ2) is 9.70. The summed E-state index contributed by atoms with van der Waals surface area (Å²) in [5.41, 5.74) is 0.831. The van der Waals surface area contributed by atoms with Gasteiger partial charge in [-0.1, -0.05) is 30.3 Å². The quantitative estimate of drug-likeness (QED) is 0.737. The van der Waals surface area contributed by atoms with E-state index in [0.29, 0.717) is 19.8 Å². The summed E-state index contributed by atoms with van der Waals surface area (Å²) >= 11 is 0. The highest BCUT2D eigenvalue weighted by Gasteiger charge is 2.16. The fourth-order valence-corrected chi connectivity index (χ4v) is 2.99. The molecule has 1 aliphatic rings. The Bertz CT molecular complexity index is 685. The Kier molecular flexibility index (Phi) is 6.76. The van der Waals surface area contributed by atoms with Gasteiger partial charge in [-0.3, -0.25) is 4.79 Å². The zero-order valence-corrected chi connectivity index (χ0v) is 15.0. The fraction of sp³-hybridized carbons (Fsp3) is 0.381. The molecule has 0 aliphatic carbocycles. The van der Waals surface area contributed by atoms with Crippen LogP contribution in [-0.2, 0) is 4.79 Å². The van der Waals surface area contributed by atoms with Crippen molar-refractivity contribution in [3.05, 3.63) is 54.6 Å². The SMILES string of the molecule is O=C(CNc1ccccc1OCCOc1ccccc1)N1CCCCC1. The number of nitrogens with zero attached hydrogens (tertiary/aromatic N) is 1. The smallest absolute Gasteiger partial charge is 0.241 e. The first-order chi connectivity index (χ1) is 12.8. The van der Waals surface area contributed by atoms with E-state index in [1.165, 1.54) is 6.42 Å². The van der Waals surface area contributed by atoms with Crippen LogP contribution in [0.25, 0.3) is 0 Å². The lowest BCUT2D eigenvalue weighted by Crippen LogP contribution is -2.39. The molecule has 1 N–H and O–H groups in total. The summed E-state index contributed by atoms with van der Waals surface area (Å²) in [6, 6.07) is 17.3. The minimum Gasteiger partial charge on any atom is -0.490 e. The molecule has 0 aromatic heterocycles. The van der Waals surface area contributed by atoms with Gasteiger partial charge in [-0.2, -0.15) is 0 Å². The average Bonchev–Trinajstić information content (AvgIpc) is 2.71. The molecule has 5 heteroatoms. The van der Waals surface area contributed by atoms with Gasteiger partial charge in [0.15, 0.2) is 0 Å². The van der Waals surface area contributed by atoms with Crippen molar-refractivity contribution in [2.24, 2.45) is 0 Å². The average molecular weight is 354 g/mol. The van der Waals surface area contributed by atoms with Gasteiger partial charge in [0.1, 0.15) is 24.7 Å². The summed E-state index contributed by atoms with van der Waals surface area (Å²) in [6.45, 7) is 2.94. The third-order valence-electron chi connectivity index (χ3n) is 4.38. The van der Waals surface area contributed by atoms with Crippen LogP contribution in [0.5, 0.6) is 11.5 Å². The molecule has 1 fully saturated rings. The lowest BCUT2D eigenvalue weighted by molar-refractivity contribution is -0.130. The van der Waals surface area contributed by atoms with Crippen LogP contribution in [0.1, 0.15) is 19.3 Å². The molecule has 1 aliphatic heterocycles. The molecule has 1 heterocycles. The van der Waals surface area contributed by atoms with Gasteiger partial charge in [0, 0.05) is 13.1 Å². The van der Waals surface area contributed by atoms with Crippen molar-refractivity contribution in [2.75, 3.05) is 38.2 Å². The topological polar surface area (TPSA) is 50.8 Å². The van der Waals surface area contributed by atoms with Crippen LogP contribution >= 0.6 is 0 Å². The minimum absolute atomic E-state index is 0.145. The van der Waals surface area contributed by atoms with Crippen molar-refractivity contribution in [2.45, 2.75) is 19.3 Å². The Balaban J connectivity index is 1.45. The van der Waals surface area contributed by atoms with Crippen LogP contribution < -0.4 is 14.8 Å². The molecule has 2 aromatic carbocycles. The van der Waals surface area contributed by atoms with Gasteiger partial charge in [-0.25, -0.2) is 0 Å². The number of anilines is 1. The number of hydrogen-bond acceptors (Lipinski definition) is 4. The van der Waals surface area contributed by atoms with Crippen molar-refractivity contribution in [3.8, 4) is 11.5 Å². The third-order valence-corrected chi connectivity index (χ3v) is 4.38. The van der Waals surface area contributed by atoms with Gasteiger partial charge in [0.05, 0.1) is 12.2 Å². The number of nitrogens with one attached hydrogen (secondary N) is 1. The van der Waals surface area contributed by atoms with Crippen LogP contribution in [0.2, 0.25) is 0 Å². The molecule has 5 nitrogen and oxygen atoms in total. The van der Waals surface area contributed by atoms with E-state index in [1.807, 2.05) is 59.5 Å². The molecule has 26 heavy (non-hydrogen) atoms. The zero-order chi connectivity index (χ0) is 18.0. The number of hydrogen-bond donors (Lipinski definition) is 1. The number of benzene rings is 2. The lowest BCUT2D eigenvalue weighted by atomic mass is 10.1. The van der Waals surface area contributed by atoms with Crippen LogP contribution in [-0.4, -0.2) is 43.7 Å². The molecule has 0 unspecified atom stereocenters. The first-order valence-corrected chi connectivity index (χ1v) is 9.24. The predicted molar refractivity (Wildman–Crippen MR) is 103 cm³/mol. The Labute approximate surface area is 154 Å². The summed E-state index contributed by atoms with van der Waals surface area (Å²) in [5, 5.41) is 3.21. The van der Waals surface area contributed by atoms with Crippen LogP contribution in [0.15, 0.2) is 54.6 Å². The molecule has 0 bridgehead atoms. The monoisotopic (exact) mass is 354 g/mol. The van der Waals surface area contributed by atoms with Gasteiger partial charge in [0.25, 0.3) is 0 Å². The molecular formula is C21H26N2O3. The van der Waals surface area contributed by atoms with Crippen LogP contribution in [0.4, 0.5) is 5.69 Å². The van der Waals surface area contributed by atoms with Gasteiger partial charge in [-0.05, 0) is 43.5 Å². The maximum atomic E-state index is 12.3. The van der Waals surface area contributed by atoms with Gasteiger partial charge in [-0.15, -0.1) is 0 Å². The van der Waals surface area contributed by atoms with Gasteiger partial charge >= 0.3 is 0 Å². The van der Waals surface area contributed by atoms with E-state index in [2.05, 4.69) is 5.32 Å². The first-order valence-electron chi connectivity index (χ1n) is 9.24. The molecule has 1 amide bonds. The maximum Gasteiger partial charge on any atom is 0.241 e. The van der Waals surface area contributed by atoms with Crippen molar-refractivity contribution >= 4 is 11.6 Å². The van der Waals surface area contributed by atoms with E-state index in [0.717, 1.165) is 43.1 Å². The van der Waals surface area contributed by atoms with Gasteiger partial charge < -0.3 is 19.7 Å². The Hall–Kier alpha value is -2.69. The molecule has 1 saturated heterocycles. The number of likely N-dealkylation sites (tertiary alicyclic amines) is 1. The van der Waals surface area contributed by atoms with E-state index in [4.69, 9.17) is 9.47 Å². The second-order valence-corrected chi connectivity index (χ2v) is 6.30. The summed E-state index contributed by atoms with van der Waals surface area (Å²) in [7, 11) is 0. The van der Waals surface area contributed by atoms with Crippen molar-refractivity contribution < 1.29 is 14.3 Å². The van der Waals surface area contributed by atoms with Crippen LogP contribution in [0, 0.1) is 0 Å². The Morgan fingerprint density at radius 1 is 0.885 bits per heavy atom. The minimum atomic E-state index is 0.145. The second-order valence-electron chi connectivity index (χ2n) is 6.30. The predicted octanol–water partition coefficient (Wildman–Crippen LogP) is 3.57.